The molecule has 0 aromatic heterocycles. The van der Waals surface area contributed by atoms with Crippen molar-refractivity contribution in [1.82, 2.24) is 10.2 Å². The van der Waals surface area contributed by atoms with Gasteiger partial charge in [0.1, 0.15) is 6.61 Å². The van der Waals surface area contributed by atoms with Gasteiger partial charge in [-0.05, 0) is 36.3 Å². The number of aliphatic hydroxyl groups excluding tert-OH is 1. The molecule has 4 rings (SSSR count). The van der Waals surface area contributed by atoms with Gasteiger partial charge >= 0.3 is 0 Å². The number of rotatable bonds is 2. The molecule has 1 aliphatic carbocycles. The van der Waals surface area contributed by atoms with Gasteiger partial charge in [0.25, 0.3) is 5.91 Å². The van der Waals surface area contributed by atoms with Crippen LogP contribution in [0.5, 0.6) is 0 Å². The van der Waals surface area contributed by atoms with Crippen molar-refractivity contribution in [1.29, 1.82) is 0 Å². The Hall–Kier alpha value is -1.63. The smallest absolute Gasteiger partial charge is 0.254 e. The van der Waals surface area contributed by atoms with Crippen LogP contribution in [-0.4, -0.2) is 53.7 Å². The zero-order valence-corrected chi connectivity index (χ0v) is 14.5. The summed E-state index contributed by atoms with van der Waals surface area (Å²) in [6.07, 6.45) is 0.490. The van der Waals surface area contributed by atoms with E-state index in [4.69, 9.17) is 16.3 Å². The summed E-state index contributed by atoms with van der Waals surface area (Å²) >= 11 is 6.27. The molecule has 0 spiro atoms. The monoisotopic (exact) mass is 364 g/mol. The lowest BCUT2D eigenvalue weighted by Gasteiger charge is -2.34. The minimum absolute atomic E-state index is 0.117. The number of carbonyl (C=O) groups is 2. The van der Waals surface area contributed by atoms with E-state index < -0.39 is 12.1 Å². The summed E-state index contributed by atoms with van der Waals surface area (Å²) in [5.41, 5.74) is 0.686. The van der Waals surface area contributed by atoms with E-state index >= 15 is 0 Å². The Morgan fingerprint density at radius 2 is 1.92 bits per heavy atom. The van der Waals surface area contributed by atoms with E-state index in [2.05, 4.69) is 5.32 Å². The Morgan fingerprint density at radius 1 is 1.24 bits per heavy atom. The van der Waals surface area contributed by atoms with Crippen molar-refractivity contribution in [3.63, 3.8) is 0 Å². The molecular weight excluding hydrogens is 344 g/mol. The highest BCUT2D eigenvalue weighted by Gasteiger charge is 2.46. The van der Waals surface area contributed by atoms with Gasteiger partial charge in [-0.1, -0.05) is 29.8 Å². The molecule has 1 saturated carbocycles. The lowest BCUT2D eigenvalue weighted by molar-refractivity contribution is -0.154. The first-order chi connectivity index (χ1) is 12.0. The van der Waals surface area contributed by atoms with Gasteiger partial charge in [-0.2, -0.15) is 0 Å². The lowest BCUT2D eigenvalue weighted by atomic mass is 9.98. The van der Waals surface area contributed by atoms with Crippen LogP contribution in [0.4, 0.5) is 0 Å². The Morgan fingerprint density at radius 3 is 2.60 bits per heavy atom. The molecule has 1 unspecified atom stereocenters. The second-order valence-electron chi connectivity index (χ2n) is 7.19. The van der Waals surface area contributed by atoms with Gasteiger partial charge in [-0.15, -0.1) is 0 Å². The molecule has 0 bridgehead atoms. The van der Waals surface area contributed by atoms with E-state index in [1.165, 1.54) is 0 Å². The van der Waals surface area contributed by atoms with Crippen LogP contribution in [0.15, 0.2) is 24.3 Å². The molecule has 2 aliphatic heterocycles. The third kappa shape index (κ3) is 3.14. The number of hydrogen-bond acceptors (Lipinski definition) is 4. The summed E-state index contributed by atoms with van der Waals surface area (Å²) in [7, 11) is 0. The van der Waals surface area contributed by atoms with Crippen LogP contribution in [-0.2, 0) is 14.3 Å². The number of likely N-dealkylation sites (tertiary alicyclic amines) is 1. The SMILES string of the molecule is O=C1CO[C@H](C(=O)N2C[C@H]3CC(O)C[C@H]3C2)[C@@H](c2ccccc2Cl)N1. The van der Waals surface area contributed by atoms with Gasteiger partial charge < -0.3 is 20.1 Å². The highest BCUT2D eigenvalue weighted by molar-refractivity contribution is 6.31. The van der Waals surface area contributed by atoms with E-state index in [9.17, 15) is 14.7 Å². The van der Waals surface area contributed by atoms with Crippen molar-refractivity contribution in [2.45, 2.75) is 31.1 Å². The number of benzene rings is 1. The Kier molecular flexibility index (Phi) is 4.43. The van der Waals surface area contributed by atoms with E-state index in [-0.39, 0.29) is 24.5 Å². The minimum atomic E-state index is -0.777. The maximum atomic E-state index is 13.1. The standard InChI is InChI=1S/C18H21ClN2O4/c19-14-4-2-1-3-13(14)16-17(25-9-15(23)20-16)18(24)21-7-10-5-12(22)6-11(10)8-21/h1-4,10-12,16-17,22H,5-9H2,(H,20,23)/t10-,11+,12?,16-,17+/m1/s1. The van der Waals surface area contributed by atoms with Gasteiger partial charge in [0.2, 0.25) is 5.91 Å². The molecule has 1 aromatic rings. The molecule has 1 aromatic carbocycles. The van der Waals surface area contributed by atoms with Crippen LogP contribution >= 0.6 is 11.6 Å². The highest BCUT2D eigenvalue weighted by atomic mass is 35.5. The van der Waals surface area contributed by atoms with Crippen molar-refractivity contribution in [2.75, 3.05) is 19.7 Å². The summed E-state index contributed by atoms with van der Waals surface area (Å²) in [6.45, 7) is 1.16. The Bertz CT molecular complexity index is 683. The average Bonchev–Trinajstić information content (AvgIpc) is 3.12. The first-order valence-corrected chi connectivity index (χ1v) is 9.03. The number of nitrogens with one attached hydrogen (secondary N) is 1. The molecule has 0 radical (unpaired) electrons. The van der Waals surface area contributed by atoms with Crippen LogP contribution in [0, 0.1) is 11.8 Å². The maximum absolute atomic E-state index is 13.1. The number of halogens is 1. The molecular formula is C18H21ClN2O4. The quantitative estimate of drug-likeness (QED) is 0.824. The third-order valence-corrected chi connectivity index (χ3v) is 5.88. The van der Waals surface area contributed by atoms with Crippen molar-refractivity contribution in [3.05, 3.63) is 34.9 Å². The lowest BCUT2D eigenvalue weighted by Crippen LogP contribution is -2.53. The van der Waals surface area contributed by atoms with Gasteiger partial charge in [0.15, 0.2) is 6.10 Å². The Labute approximate surface area is 151 Å². The van der Waals surface area contributed by atoms with Crippen LogP contribution in [0.2, 0.25) is 5.02 Å². The molecule has 25 heavy (non-hydrogen) atoms. The third-order valence-electron chi connectivity index (χ3n) is 5.53. The number of fused-ring (bicyclic) bond motifs is 1. The number of amides is 2. The Balaban J connectivity index is 1.54. The van der Waals surface area contributed by atoms with Gasteiger partial charge in [-0.25, -0.2) is 0 Å². The van der Waals surface area contributed by atoms with E-state index in [0.29, 0.717) is 35.5 Å². The second kappa shape index (κ2) is 6.59. The number of morpholine rings is 1. The summed E-state index contributed by atoms with van der Waals surface area (Å²) in [4.78, 5) is 26.7. The summed E-state index contributed by atoms with van der Waals surface area (Å²) in [5, 5.41) is 13.1. The molecule has 2 heterocycles. The van der Waals surface area contributed by atoms with E-state index in [0.717, 1.165) is 12.8 Å². The van der Waals surface area contributed by atoms with Gasteiger partial charge in [-0.3, -0.25) is 9.59 Å². The number of nitrogens with zero attached hydrogens (tertiary/aromatic N) is 1. The van der Waals surface area contributed by atoms with Crippen LogP contribution < -0.4 is 5.32 Å². The number of hydrogen-bond donors (Lipinski definition) is 2. The summed E-state index contributed by atoms with van der Waals surface area (Å²) in [5.74, 6) is 0.344. The molecule has 134 valence electrons. The molecule has 2 N–H and O–H groups in total. The van der Waals surface area contributed by atoms with E-state index in [1.807, 2.05) is 11.0 Å². The van der Waals surface area contributed by atoms with E-state index in [1.54, 1.807) is 18.2 Å². The van der Waals surface area contributed by atoms with Crippen molar-refractivity contribution in [3.8, 4) is 0 Å². The summed E-state index contributed by atoms with van der Waals surface area (Å²) in [6, 6.07) is 6.58. The zero-order valence-electron chi connectivity index (χ0n) is 13.7. The molecule has 5 atom stereocenters. The second-order valence-corrected chi connectivity index (χ2v) is 7.59. The predicted octanol–water partition coefficient (Wildman–Crippen LogP) is 1.13. The first-order valence-electron chi connectivity index (χ1n) is 8.65. The fourth-order valence-electron chi connectivity index (χ4n) is 4.36. The normalized spacial score (nSPS) is 34.7. The predicted molar refractivity (Wildman–Crippen MR) is 90.9 cm³/mol. The minimum Gasteiger partial charge on any atom is -0.393 e. The number of carbonyl (C=O) groups excluding carboxylic acids is 2. The zero-order chi connectivity index (χ0) is 17.6. The average molecular weight is 365 g/mol. The number of aliphatic hydroxyl groups is 1. The van der Waals surface area contributed by atoms with Gasteiger partial charge in [0, 0.05) is 18.1 Å². The number of ether oxygens (including phenoxy) is 1. The molecule has 3 aliphatic rings. The first kappa shape index (κ1) is 16.8. The molecule has 6 nitrogen and oxygen atoms in total. The fraction of sp³-hybridized carbons (Fsp3) is 0.556. The van der Waals surface area contributed by atoms with Crippen molar-refractivity contribution in [2.24, 2.45) is 11.8 Å². The van der Waals surface area contributed by atoms with Crippen LogP contribution in [0.3, 0.4) is 0 Å². The van der Waals surface area contributed by atoms with Gasteiger partial charge in [0.05, 0.1) is 12.1 Å². The molecule has 7 heteroatoms. The fourth-order valence-corrected chi connectivity index (χ4v) is 4.62. The molecule has 3 fully saturated rings. The van der Waals surface area contributed by atoms with Crippen molar-refractivity contribution < 1.29 is 19.4 Å². The van der Waals surface area contributed by atoms with Crippen LogP contribution in [0.1, 0.15) is 24.4 Å². The summed E-state index contributed by atoms with van der Waals surface area (Å²) < 4.78 is 5.62. The van der Waals surface area contributed by atoms with Crippen LogP contribution in [0.25, 0.3) is 0 Å². The highest BCUT2D eigenvalue weighted by Crippen LogP contribution is 2.39. The largest absolute Gasteiger partial charge is 0.393 e. The molecule has 2 amide bonds. The maximum Gasteiger partial charge on any atom is 0.254 e. The van der Waals surface area contributed by atoms with Crippen molar-refractivity contribution >= 4 is 23.4 Å². The topological polar surface area (TPSA) is 78.9 Å². The molecule has 2 saturated heterocycles.